The molecule has 0 saturated carbocycles. The monoisotopic (exact) mass is 541 g/mol. The minimum Gasteiger partial charge on any atom is -0.493 e. The van der Waals surface area contributed by atoms with Crippen LogP contribution in [0, 0.1) is 13.8 Å². The highest BCUT2D eigenvalue weighted by atomic mass is 32.2. The molecule has 0 fully saturated rings. The second-order valence-corrected chi connectivity index (χ2v) is 10.3. The zero-order chi connectivity index (χ0) is 27.5. The minimum atomic E-state index is -0.535. The molecule has 8 nitrogen and oxygen atoms in total. The summed E-state index contributed by atoms with van der Waals surface area (Å²) in [6, 6.07) is 21.0. The lowest BCUT2D eigenvalue weighted by atomic mass is 9.94. The molecule has 1 amide bonds. The molecule has 1 aliphatic heterocycles. The molecule has 2 heterocycles. The van der Waals surface area contributed by atoms with Crippen LogP contribution in [0.4, 0.5) is 11.6 Å². The van der Waals surface area contributed by atoms with E-state index in [4.69, 9.17) is 19.6 Å². The van der Waals surface area contributed by atoms with E-state index in [0.29, 0.717) is 39.6 Å². The van der Waals surface area contributed by atoms with E-state index in [1.165, 1.54) is 16.7 Å². The molecule has 0 unspecified atom stereocenters. The Morgan fingerprint density at radius 3 is 2.51 bits per heavy atom. The fourth-order valence-corrected chi connectivity index (χ4v) is 5.53. The Morgan fingerprint density at radius 2 is 1.77 bits per heavy atom. The third-order valence-electron chi connectivity index (χ3n) is 6.69. The number of aromatic nitrogens is 3. The number of para-hydroxylation sites is 1. The van der Waals surface area contributed by atoms with Crippen molar-refractivity contribution in [3.05, 3.63) is 100 Å². The first kappa shape index (κ1) is 26.4. The van der Waals surface area contributed by atoms with Gasteiger partial charge in [-0.3, -0.25) is 4.79 Å². The summed E-state index contributed by atoms with van der Waals surface area (Å²) in [5.74, 6) is 2.27. The van der Waals surface area contributed by atoms with E-state index in [-0.39, 0.29) is 5.91 Å². The van der Waals surface area contributed by atoms with Crippen molar-refractivity contribution in [2.45, 2.75) is 37.7 Å². The van der Waals surface area contributed by atoms with Gasteiger partial charge in [0.05, 0.1) is 19.8 Å². The third kappa shape index (κ3) is 5.49. The molecule has 3 aromatic carbocycles. The van der Waals surface area contributed by atoms with Crippen LogP contribution in [0.25, 0.3) is 0 Å². The van der Waals surface area contributed by atoms with Crippen LogP contribution >= 0.6 is 11.8 Å². The molecule has 5 rings (SSSR count). The Balaban J connectivity index is 1.53. The van der Waals surface area contributed by atoms with Gasteiger partial charge >= 0.3 is 0 Å². The second-order valence-electron chi connectivity index (χ2n) is 9.38. The molecule has 1 aliphatic rings. The van der Waals surface area contributed by atoms with Gasteiger partial charge in [-0.15, -0.1) is 5.10 Å². The number of hydrogen-bond acceptors (Lipinski definition) is 7. The van der Waals surface area contributed by atoms with Gasteiger partial charge in [0.15, 0.2) is 11.5 Å². The molecule has 0 bridgehead atoms. The molecule has 1 atom stereocenters. The van der Waals surface area contributed by atoms with Gasteiger partial charge in [0.2, 0.25) is 11.1 Å². The highest BCUT2D eigenvalue weighted by molar-refractivity contribution is 7.98. The van der Waals surface area contributed by atoms with Crippen molar-refractivity contribution in [2.24, 2.45) is 0 Å². The fraction of sp³-hybridized carbons (Fsp3) is 0.233. The van der Waals surface area contributed by atoms with Crippen LogP contribution in [0.3, 0.4) is 0 Å². The summed E-state index contributed by atoms with van der Waals surface area (Å²) in [4.78, 5) is 18.5. The summed E-state index contributed by atoms with van der Waals surface area (Å²) >= 11 is 1.57. The number of amides is 1. The predicted molar refractivity (Wildman–Crippen MR) is 155 cm³/mol. The van der Waals surface area contributed by atoms with Crippen molar-refractivity contribution in [2.75, 3.05) is 24.9 Å². The number of fused-ring (bicyclic) bond motifs is 1. The maximum atomic E-state index is 13.7. The Kier molecular flexibility index (Phi) is 7.60. The van der Waals surface area contributed by atoms with E-state index in [1.807, 2.05) is 55.5 Å². The lowest BCUT2D eigenvalue weighted by molar-refractivity contribution is -0.113. The van der Waals surface area contributed by atoms with E-state index in [9.17, 15) is 4.79 Å². The number of anilines is 2. The van der Waals surface area contributed by atoms with Crippen LogP contribution in [-0.2, 0) is 10.5 Å². The molecule has 1 aromatic heterocycles. The van der Waals surface area contributed by atoms with Crippen LogP contribution in [0.15, 0.2) is 83.2 Å². The fourth-order valence-electron chi connectivity index (χ4n) is 4.64. The van der Waals surface area contributed by atoms with Crippen LogP contribution in [-0.4, -0.2) is 34.9 Å². The summed E-state index contributed by atoms with van der Waals surface area (Å²) in [7, 11) is 3.19. The average Bonchev–Trinajstić information content (AvgIpc) is 3.35. The van der Waals surface area contributed by atoms with E-state index in [0.717, 1.165) is 11.3 Å². The summed E-state index contributed by atoms with van der Waals surface area (Å²) in [6.45, 7) is 6.09. The van der Waals surface area contributed by atoms with Gasteiger partial charge in [-0.05, 0) is 61.7 Å². The van der Waals surface area contributed by atoms with Gasteiger partial charge < -0.3 is 20.1 Å². The third-order valence-corrected chi connectivity index (χ3v) is 7.58. The maximum absolute atomic E-state index is 13.7. The van der Waals surface area contributed by atoms with Crippen molar-refractivity contribution in [1.82, 2.24) is 14.8 Å². The van der Waals surface area contributed by atoms with Gasteiger partial charge in [-0.25, -0.2) is 4.68 Å². The molecule has 0 radical (unpaired) electrons. The first-order chi connectivity index (χ1) is 18.9. The first-order valence-corrected chi connectivity index (χ1v) is 13.6. The van der Waals surface area contributed by atoms with Crippen molar-refractivity contribution in [3.8, 4) is 11.5 Å². The first-order valence-electron chi connectivity index (χ1n) is 12.6. The van der Waals surface area contributed by atoms with Gasteiger partial charge in [0.25, 0.3) is 5.91 Å². The molecule has 0 spiro atoms. The Bertz CT molecular complexity index is 1550. The highest BCUT2D eigenvalue weighted by Crippen LogP contribution is 2.40. The SMILES string of the molecule is COc1ccc([C@@H]2C(C(=O)Nc3ccccc3)=C(C)Nc3nc(SCc4cc(C)ccc4C)nn32)cc1OC. The number of nitrogens with one attached hydrogen (secondary N) is 2. The van der Waals surface area contributed by atoms with Gasteiger partial charge in [-0.1, -0.05) is 59.8 Å². The van der Waals surface area contributed by atoms with E-state index < -0.39 is 6.04 Å². The quantitative estimate of drug-likeness (QED) is 0.259. The van der Waals surface area contributed by atoms with Crippen molar-refractivity contribution in [1.29, 1.82) is 0 Å². The predicted octanol–water partition coefficient (Wildman–Crippen LogP) is 6.13. The number of aryl methyl sites for hydroxylation is 2. The molecule has 4 aromatic rings. The normalized spacial score (nSPS) is 14.4. The van der Waals surface area contributed by atoms with Crippen LogP contribution < -0.4 is 20.1 Å². The van der Waals surface area contributed by atoms with Gasteiger partial charge in [0.1, 0.15) is 6.04 Å². The summed E-state index contributed by atoms with van der Waals surface area (Å²) in [5, 5.41) is 11.8. The summed E-state index contributed by atoms with van der Waals surface area (Å²) < 4.78 is 12.8. The topological polar surface area (TPSA) is 90.3 Å². The number of benzene rings is 3. The number of allylic oxidation sites excluding steroid dienone is 1. The Labute approximate surface area is 232 Å². The molecular formula is C30H31N5O3S. The van der Waals surface area contributed by atoms with Gasteiger partial charge in [-0.2, -0.15) is 4.98 Å². The second kappa shape index (κ2) is 11.2. The minimum absolute atomic E-state index is 0.225. The molecule has 9 heteroatoms. The molecule has 200 valence electrons. The molecule has 39 heavy (non-hydrogen) atoms. The van der Waals surface area contributed by atoms with Crippen LogP contribution in [0.1, 0.15) is 35.2 Å². The van der Waals surface area contributed by atoms with Crippen molar-refractivity contribution in [3.63, 3.8) is 0 Å². The number of methoxy groups -OCH3 is 2. The number of rotatable bonds is 8. The number of thioether (sulfide) groups is 1. The smallest absolute Gasteiger partial charge is 0.255 e. The Morgan fingerprint density at radius 1 is 1.00 bits per heavy atom. The number of ether oxygens (including phenoxy) is 2. The molecule has 2 N–H and O–H groups in total. The van der Waals surface area contributed by atoms with Crippen molar-refractivity contribution >= 4 is 29.3 Å². The average molecular weight is 542 g/mol. The standard InChI is InChI=1S/C30H31N5O3S/c1-18-11-12-19(2)22(15-18)17-39-30-33-29-31-20(3)26(28(36)32-23-9-7-6-8-10-23)27(35(29)34-30)21-13-14-24(37-4)25(16-21)38-5/h6-16,27H,17H2,1-5H3,(H,32,36)(H,31,33,34)/t27-/m1/s1. The number of carbonyl (C=O) groups excluding carboxylic acids is 1. The maximum Gasteiger partial charge on any atom is 0.255 e. The summed E-state index contributed by atoms with van der Waals surface area (Å²) in [5.41, 5.74) is 6.47. The molecular weight excluding hydrogens is 510 g/mol. The number of nitrogens with zero attached hydrogens (tertiary/aromatic N) is 3. The number of carbonyl (C=O) groups is 1. The zero-order valence-electron chi connectivity index (χ0n) is 22.6. The van der Waals surface area contributed by atoms with Gasteiger partial charge in [0, 0.05) is 17.1 Å². The van der Waals surface area contributed by atoms with Crippen LogP contribution in [0.2, 0.25) is 0 Å². The highest BCUT2D eigenvalue weighted by Gasteiger charge is 2.35. The van der Waals surface area contributed by atoms with Crippen molar-refractivity contribution < 1.29 is 14.3 Å². The van der Waals surface area contributed by atoms with E-state index >= 15 is 0 Å². The van der Waals surface area contributed by atoms with E-state index in [2.05, 4.69) is 42.7 Å². The largest absolute Gasteiger partial charge is 0.493 e. The summed E-state index contributed by atoms with van der Waals surface area (Å²) in [6.07, 6.45) is 0. The molecule has 0 aliphatic carbocycles. The zero-order valence-corrected chi connectivity index (χ0v) is 23.4. The lowest BCUT2D eigenvalue weighted by Crippen LogP contribution is -2.31. The lowest BCUT2D eigenvalue weighted by Gasteiger charge is -2.29. The Hall–Kier alpha value is -4.24. The molecule has 0 saturated heterocycles. The number of hydrogen-bond donors (Lipinski definition) is 2. The van der Waals surface area contributed by atoms with E-state index in [1.54, 1.807) is 30.7 Å². The van der Waals surface area contributed by atoms with Crippen LogP contribution in [0.5, 0.6) is 11.5 Å².